The maximum absolute atomic E-state index is 12.4. The van der Waals surface area contributed by atoms with Crippen molar-refractivity contribution in [2.75, 3.05) is 5.32 Å². The number of nitrogens with zero attached hydrogens (tertiary/aromatic N) is 3. The SMILES string of the molecule is Cc1noc(C)c1COc1ccc(C(=O)Oc2ccc(NC(=O)c3cnn(C)c3)cc2)cc1. The van der Waals surface area contributed by atoms with Crippen LogP contribution in [0.1, 0.15) is 37.7 Å². The van der Waals surface area contributed by atoms with Crippen LogP contribution in [0.25, 0.3) is 0 Å². The van der Waals surface area contributed by atoms with Crippen molar-refractivity contribution in [1.29, 1.82) is 0 Å². The van der Waals surface area contributed by atoms with E-state index in [0.717, 1.165) is 17.0 Å². The molecule has 0 atom stereocenters. The Morgan fingerprint density at radius 3 is 2.30 bits per heavy atom. The van der Waals surface area contributed by atoms with Gasteiger partial charge in [-0.3, -0.25) is 9.48 Å². The predicted octanol–water partition coefficient (Wildman–Crippen LogP) is 4.08. The number of aryl methyl sites for hydroxylation is 3. The molecule has 0 aliphatic rings. The monoisotopic (exact) mass is 446 g/mol. The van der Waals surface area contributed by atoms with Gasteiger partial charge in [0.2, 0.25) is 0 Å². The Kier molecular flexibility index (Phi) is 6.21. The van der Waals surface area contributed by atoms with Crippen LogP contribution in [0.5, 0.6) is 11.5 Å². The number of hydrogen-bond acceptors (Lipinski definition) is 7. The van der Waals surface area contributed by atoms with Crippen molar-refractivity contribution in [2.24, 2.45) is 7.05 Å². The van der Waals surface area contributed by atoms with Crippen molar-refractivity contribution in [1.82, 2.24) is 14.9 Å². The summed E-state index contributed by atoms with van der Waals surface area (Å²) in [5.41, 5.74) is 3.10. The molecule has 4 rings (SSSR count). The highest BCUT2D eigenvalue weighted by atomic mass is 16.5. The summed E-state index contributed by atoms with van der Waals surface area (Å²) < 4.78 is 17.8. The Hall–Kier alpha value is -4.40. The molecule has 1 amide bonds. The topological polar surface area (TPSA) is 108 Å². The number of anilines is 1. The number of hydrogen-bond donors (Lipinski definition) is 1. The van der Waals surface area contributed by atoms with Gasteiger partial charge < -0.3 is 19.3 Å². The lowest BCUT2D eigenvalue weighted by Gasteiger charge is -2.08. The predicted molar refractivity (Wildman–Crippen MR) is 119 cm³/mol. The van der Waals surface area contributed by atoms with Crippen LogP contribution in [0.2, 0.25) is 0 Å². The second-order valence-corrected chi connectivity index (χ2v) is 7.39. The molecule has 2 aromatic carbocycles. The van der Waals surface area contributed by atoms with Gasteiger partial charge in [0.05, 0.1) is 28.6 Å². The Bertz CT molecular complexity index is 1250. The second-order valence-electron chi connectivity index (χ2n) is 7.39. The van der Waals surface area contributed by atoms with Gasteiger partial charge in [-0.2, -0.15) is 5.10 Å². The van der Waals surface area contributed by atoms with E-state index in [2.05, 4.69) is 15.6 Å². The zero-order valence-corrected chi connectivity index (χ0v) is 18.4. The third-order valence-electron chi connectivity index (χ3n) is 4.94. The van der Waals surface area contributed by atoms with E-state index in [9.17, 15) is 9.59 Å². The maximum atomic E-state index is 12.4. The number of benzene rings is 2. The zero-order chi connectivity index (χ0) is 23.4. The van der Waals surface area contributed by atoms with E-state index in [1.165, 1.54) is 6.20 Å². The van der Waals surface area contributed by atoms with E-state index in [4.69, 9.17) is 14.0 Å². The number of aromatic nitrogens is 3. The Balaban J connectivity index is 1.31. The Morgan fingerprint density at radius 2 is 1.70 bits per heavy atom. The van der Waals surface area contributed by atoms with E-state index in [1.807, 2.05) is 13.8 Å². The van der Waals surface area contributed by atoms with Crippen molar-refractivity contribution in [3.63, 3.8) is 0 Å². The molecule has 2 aromatic heterocycles. The van der Waals surface area contributed by atoms with Gasteiger partial charge in [-0.15, -0.1) is 0 Å². The number of nitrogens with one attached hydrogen (secondary N) is 1. The molecule has 0 fully saturated rings. The number of ether oxygens (including phenoxy) is 2. The minimum atomic E-state index is -0.501. The molecule has 0 aliphatic carbocycles. The quantitative estimate of drug-likeness (QED) is 0.337. The van der Waals surface area contributed by atoms with Crippen LogP contribution >= 0.6 is 0 Å². The van der Waals surface area contributed by atoms with Gasteiger partial charge in [-0.25, -0.2) is 4.79 Å². The van der Waals surface area contributed by atoms with Crippen LogP contribution in [0, 0.1) is 13.8 Å². The van der Waals surface area contributed by atoms with Crippen molar-refractivity contribution < 1.29 is 23.6 Å². The smallest absolute Gasteiger partial charge is 0.343 e. The summed E-state index contributed by atoms with van der Waals surface area (Å²) in [5.74, 6) is 0.914. The molecule has 9 nitrogen and oxygen atoms in total. The first-order valence-corrected chi connectivity index (χ1v) is 10.2. The van der Waals surface area contributed by atoms with E-state index in [-0.39, 0.29) is 5.91 Å². The van der Waals surface area contributed by atoms with Gasteiger partial charge in [0.15, 0.2) is 0 Å². The third kappa shape index (κ3) is 5.27. The fraction of sp³-hybridized carbons (Fsp3) is 0.167. The molecule has 2 heterocycles. The van der Waals surface area contributed by atoms with Gasteiger partial charge in [0.25, 0.3) is 5.91 Å². The first-order valence-electron chi connectivity index (χ1n) is 10.2. The standard InChI is InChI=1S/C24H22N4O5/c1-15-22(16(2)33-27-15)14-31-20-8-4-17(5-9-20)24(30)32-21-10-6-19(7-11-21)26-23(29)18-12-25-28(3)13-18/h4-13H,14H2,1-3H3,(H,26,29). The number of carbonyl (C=O) groups excluding carboxylic acids is 2. The zero-order valence-electron chi connectivity index (χ0n) is 18.4. The van der Waals surface area contributed by atoms with E-state index in [0.29, 0.717) is 34.9 Å². The second kappa shape index (κ2) is 9.39. The van der Waals surface area contributed by atoms with Gasteiger partial charge >= 0.3 is 5.97 Å². The van der Waals surface area contributed by atoms with Crippen molar-refractivity contribution in [3.05, 3.63) is 89.1 Å². The lowest BCUT2D eigenvalue weighted by atomic mass is 10.2. The van der Waals surface area contributed by atoms with Crippen LogP contribution in [-0.4, -0.2) is 26.8 Å². The van der Waals surface area contributed by atoms with Crippen LogP contribution in [-0.2, 0) is 13.7 Å². The van der Waals surface area contributed by atoms with E-state index >= 15 is 0 Å². The summed E-state index contributed by atoms with van der Waals surface area (Å²) in [6, 6.07) is 13.2. The highest BCUT2D eigenvalue weighted by Gasteiger charge is 2.12. The van der Waals surface area contributed by atoms with Crippen molar-refractivity contribution >= 4 is 17.6 Å². The minimum Gasteiger partial charge on any atom is -0.489 e. The highest BCUT2D eigenvalue weighted by Crippen LogP contribution is 2.20. The molecular weight excluding hydrogens is 424 g/mol. The fourth-order valence-corrected chi connectivity index (χ4v) is 3.06. The lowest BCUT2D eigenvalue weighted by Crippen LogP contribution is -2.11. The number of rotatable bonds is 7. The Labute approximate surface area is 189 Å². The number of carbonyl (C=O) groups is 2. The van der Waals surface area contributed by atoms with Crippen molar-refractivity contribution in [2.45, 2.75) is 20.5 Å². The van der Waals surface area contributed by atoms with Crippen LogP contribution in [0.3, 0.4) is 0 Å². The average Bonchev–Trinajstić information content (AvgIpc) is 3.39. The maximum Gasteiger partial charge on any atom is 0.343 e. The van der Waals surface area contributed by atoms with Crippen LogP contribution in [0.15, 0.2) is 65.4 Å². The lowest BCUT2D eigenvalue weighted by molar-refractivity contribution is 0.0734. The van der Waals surface area contributed by atoms with Crippen molar-refractivity contribution in [3.8, 4) is 11.5 Å². The Morgan fingerprint density at radius 1 is 1.00 bits per heavy atom. The summed E-state index contributed by atoms with van der Waals surface area (Å²) in [4.78, 5) is 24.6. The van der Waals surface area contributed by atoms with Gasteiger partial charge in [-0.05, 0) is 62.4 Å². The van der Waals surface area contributed by atoms with Gasteiger partial charge in [0, 0.05) is 18.9 Å². The first-order chi connectivity index (χ1) is 15.9. The molecule has 0 unspecified atom stereocenters. The summed E-state index contributed by atoms with van der Waals surface area (Å²) >= 11 is 0. The molecular formula is C24H22N4O5. The minimum absolute atomic E-state index is 0.274. The average molecular weight is 446 g/mol. The molecule has 0 bridgehead atoms. The third-order valence-corrected chi connectivity index (χ3v) is 4.94. The molecule has 9 heteroatoms. The first kappa shape index (κ1) is 21.8. The normalized spacial score (nSPS) is 10.6. The van der Waals surface area contributed by atoms with Gasteiger partial charge in [-0.1, -0.05) is 5.16 Å². The largest absolute Gasteiger partial charge is 0.489 e. The molecule has 0 spiro atoms. The highest BCUT2D eigenvalue weighted by molar-refractivity contribution is 6.04. The van der Waals surface area contributed by atoms with Crippen LogP contribution in [0.4, 0.5) is 5.69 Å². The molecule has 0 aliphatic heterocycles. The summed E-state index contributed by atoms with van der Waals surface area (Å²) in [6.07, 6.45) is 3.11. The molecule has 0 saturated carbocycles. The molecule has 33 heavy (non-hydrogen) atoms. The summed E-state index contributed by atoms with van der Waals surface area (Å²) in [6.45, 7) is 4.02. The van der Waals surface area contributed by atoms with Gasteiger partial charge in [0.1, 0.15) is 23.9 Å². The fourth-order valence-electron chi connectivity index (χ4n) is 3.06. The van der Waals surface area contributed by atoms with E-state index in [1.54, 1.807) is 66.5 Å². The molecule has 168 valence electrons. The number of amides is 1. The van der Waals surface area contributed by atoms with E-state index < -0.39 is 5.97 Å². The molecule has 0 radical (unpaired) electrons. The van der Waals surface area contributed by atoms with Crippen LogP contribution < -0.4 is 14.8 Å². The molecule has 0 saturated heterocycles. The summed E-state index contributed by atoms with van der Waals surface area (Å²) in [5, 5.41) is 10.6. The number of esters is 1. The summed E-state index contributed by atoms with van der Waals surface area (Å²) in [7, 11) is 1.74. The molecule has 1 N–H and O–H groups in total. The molecule has 4 aromatic rings.